The fourth-order valence-electron chi connectivity index (χ4n) is 1.75. The van der Waals surface area contributed by atoms with Gasteiger partial charge in [0, 0.05) is 19.5 Å². The Bertz CT molecular complexity index is 360. The van der Waals surface area contributed by atoms with E-state index < -0.39 is 9.96 Å². The van der Waals surface area contributed by atoms with Gasteiger partial charge < -0.3 is 20.3 Å². The summed E-state index contributed by atoms with van der Waals surface area (Å²) in [5.74, 6) is -0.176. The number of alkyl halides is 3. The van der Waals surface area contributed by atoms with Crippen LogP contribution in [0.2, 0.25) is 0 Å². The summed E-state index contributed by atoms with van der Waals surface area (Å²) in [5, 5.41) is 6.01. The molecule has 1 aliphatic heterocycles. The normalized spacial score (nSPS) is 17.2. The Hall–Kier alpha value is -0.0100. The lowest BCUT2D eigenvalue weighted by molar-refractivity contribution is -0.122. The van der Waals surface area contributed by atoms with Crippen molar-refractivity contribution in [2.75, 3.05) is 26.3 Å². The van der Waals surface area contributed by atoms with E-state index in [0.717, 1.165) is 12.8 Å². The zero-order valence-electron chi connectivity index (χ0n) is 11.8. The standard InChI is InChI=1S/C12H20Cl3N3O2S/c1-2-3-4-9(19)16-10(12(13,14)15)17-11(21)18-5-7-20-8-6-18/h10H,2-8H2,1H3,(H,16,19)(H,17,21)/t10-/m0/s1. The van der Waals surface area contributed by atoms with Crippen LogP contribution in [0.3, 0.4) is 0 Å². The van der Waals surface area contributed by atoms with Gasteiger partial charge >= 0.3 is 0 Å². The number of hydrogen-bond donors (Lipinski definition) is 2. The fraction of sp³-hybridized carbons (Fsp3) is 0.833. The average Bonchev–Trinajstić information content (AvgIpc) is 2.44. The monoisotopic (exact) mass is 375 g/mol. The van der Waals surface area contributed by atoms with Gasteiger partial charge in [0.05, 0.1) is 13.2 Å². The van der Waals surface area contributed by atoms with Crippen LogP contribution in [0.1, 0.15) is 26.2 Å². The van der Waals surface area contributed by atoms with Crippen molar-refractivity contribution >= 4 is 58.0 Å². The Balaban J connectivity index is 2.57. The number of hydrogen-bond acceptors (Lipinski definition) is 3. The molecule has 0 radical (unpaired) electrons. The van der Waals surface area contributed by atoms with Gasteiger partial charge in [0.25, 0.3) is 0 Å². The molecule has 1 aliphatic rings. The summed E-state index contributed by atoms with van der Waals surface area (Å²) in [5.41, 5.74) is 0. The first-order valence-corrected chi connectivity index (χ1v) is 8.38. The van der Waals surface area contributed by atoms with Gasteiger partial charge in [0.1, 0.15) is 6.17 Å². The minimum atomic E-state index is -1.70. The molecule has 0 aliphatic carbocycles. The van der Waals surface area contributed by atoms with Crippen molar-refractivity contribution in [2.24, 2.45) is 0 Å². The van der Waals surface area contributed by atoms with Crippen LogP contribution < -0.4 is 10.6 Å². The number of carbonyl (C=O) groups is 1. The second-order valence-electron chi connectivity index (χ2n) is 4.69. The highest BCUT2D eigenvalue weighted by Crippen LogP contribution is 2.29. The summed E-state index contributed by atoms with van der Waals surface area (Å²) in [6.45, 7) is 4.54. The Morgan fingerprint density at radius 2 is 1.95 bits per heavy atom. The Morgan fingerprint density at radius 3 is 2.48 bits per heavy atom. The molecule has 0 spiro atoms. The minimum Gasteiger partial charge on any atom is -0.378 e. The number of carbonyl (C=O) groups excluding carboxylic acids is 1. The highest BCUT2D eigenvalue weighted by Gasteiger charge is 2.35. The molecule has 0 aromatic carbocycles. The summed E-state index contributed by atoms with van der Waals surface area (Å²) >= 11 is 23.0. The second kappa shape index (κ2) is 9.20. The number of unbranched alkanes of at least 4 members (excludes halogenated alkanes) is 1. The van der Waals surface area contributed by atoms with Crippen molar-refractivity contribution in [3.8, 4) is 0 Å². The van der Waals surface area contributed by atoms with Crippen molar-refractivity contribution in [1.82, 2.24) is 15.5 Å². The minimum absolute atomic E-state index is 0.176. The molecule has 0 aromatic rings. The van der Waals surface area contributed by atoms with Crippen LogP contribution in [-0.2, 0) is 9.53 Å². The van der Waals surface area contributed by atoms with Crippen molar-refractivity contribution in [3.63, 3.8) is 0 Å². The highest BCUT2D eigenvalue weighted by molar-refractivity contribution is 7.80. The molecule has 9 heteroatoms. The van der Waals surface area contributed by atoms with Crippen LogP contribution in [-0.4, -0.2) is 52.2 Å². The van der Waals surface area contributed by atoms with Gasteiger partial charge in [-0.25, -0.2) is 0 Å². The van der Waals surface area contributed by atoms with E-state index in [1.54, 1.807) is 0 Å². The summed E-state index contributed by atoms with van der Waals surface area (Å²) < 4.78 is 3.56. The fourth-order valence-corrected chi connectivity index (χ4v) is 2.38. The van der Waals surface area contributed by atoms with Crippen molar-refractivity contribution in [3.05, 3.63) is 0 Å². The Labute approximate surface area is 145 Å². The zero-order chi connectivity index (χ0) is 15.9. The molecular weight excluding hydrogens is 357 g/mol. The van der Waals surface area contributed by atoms with Crippen LogP contribution in [0, 0.1) is 0 Å². The first-order valence-electron chi connectivity index (χ1n) is 6.84. The third kappa shape index (κ3) is 7.19. The van der Waals surface area contributed by atoms with Gasteiger partial charge in [-0.2, -0.15) is 0 Å². The molecule has 0 bridgehead atoms. The zero-order valence-corrected chi connectivity index (χ0v) is 14.9. The molecule has 5 nitrogen and oxygen atoms in total. The molecule has 0 saturated carbocycles. The highest BCUT2D eigenvalue weighted by atomic mass is 35.6. The van der Waals surface area contributed by atoms with E-state index in [1.807, 2.05) is 11.8 Å². The summed E-state index contributed by atoms with van der Waals surface area (Å²) in [4.78, 5) is 13.7. The van der Waals surface area contributed by atoms with Gasteiger partial charge in [0.2, 0.25) is 9.70 Å². The number of thiocarbonyl (C=S) groups is 1. The van der Waals surface area contributed by atoms with E-state index >= 15 is 0 Å². The first kappa shape index (κ1) is 19.0. The lowest BCUT2D eigenvalue weighted by Crippen LogP contribution is -2.59. The van der Waals surface area contributed by atoms with Gasteiger partial charge in [-0.1, -0.05) is 48.1 Å². The molecule has 1 fully saturated rings. The molecule has 1 heterocycles. The quantitative estimate of drug-likeness (QED) is 0.438. The van der Waals surface area contributed by atoms with E-state index in [9.17, 15) is 4.79 Å². The number of nitrogens with one attached hydrogen (secondary N) is 2. The lowest BCUT2D eigenvalue weighted by atomic mass is 10.2. The molecule has 122 valence electrons. The summed E-state index contributed by atoms with van der Waals surface area (Å²) in [6, 6.07) is 0. The largest absolute Gasteiger partial charge is 0.378 e. The summed E-state index contributed by atoms with van der Waals surface area (Å²) in [6.07, 6.45) is 1.22. The smallest absolute Gasteiger partial charge is 0.228 e. The number of morpholine rings is 1. The predicted molar refractivity (Wildman–Crippen MR) is 89.9 cm³/mol. The van der Waals surface area contributed by atoms with Gasteiger partial charge in [0.15, 0.2) is 5.11 Å². The van der Waals surface area contributed by atoms with Crippen molar-refractivity contribution < 1.29 is 9.53 Å². The van der Waals surface area contributed by atoms with Crippen LogP contribution in [0.25, 0.3) is 0 Å². The maximum absolute atomic E-state index is 11.8. The molecule has 2 N–H and O–H groups in total. The van der Waals surface area contributed by atoms with Gasteiger partial charge in [-0.15, -0.1) is 0 Å². The van der Waals surface area contributed by atoms with Gasteiger partial charge in [-0.05, 0) is 18.6 Å². The van der Waals surface area contributed by atoms with E-state index in [0.29, 0.717) is 37.8 Å². The maximum atomic E-state index is 11.8. The third-order valence-corrected chi connectivity index (χ3v) is 3.99. The Morgan fingerprint density at radius 1 is 1.33 bits per heavy atom. The van der Waals surface area contributed by atoms with Crippen LogP contribution in [0.15, 0.2) is 0 Å². The first-order chi connectivity index (χ1) is 9.84. The molecule has 1 amide bonds. The molecule has 1 atom stereocenters. The van der Waals surface area contributed by atoms with Gasteiger partial charge in [-0.3, -0.25) is 4.79 Å². The van der Waals surface area contributed by atoms with E-state index in [-0.39, 0.29) is 5.91 Å². The summed E-state index contributed by atoms with van der Waals surface area (Å²) in [7, 11) is 0. The second-order valence-corrected chi connectivity index (χ2v) is 7.45. The maximum Gasteiger partial charge on any atom is 0.228 e. The number of rotatable bonds is 5. The molecule has 1 saturated heterocycles. The van der Waals surface area contributed by atoms with Crippen molar-refractivity contribution in [1.29, 1.82) is 0 Å². The lowest BCUT2D eigenvalue weighted by Gasteiger charge is -2.34. The molecule has 0 aromatic heterocycles. The van der Waals surface area contributed by atoms with Crippen molar-refractivity contribution in [2.45, 2.75) is 36.1 Å². The van der Waals surface area contributed by atoms with Crippen LogP contribution >= 0.6 is 47.0 Å². The molecule has 0 unspecified atom stereocenters. The average molecular weight is 377 g/mol. The Kier molecular flexibility index (Phi) is 8.34. The number of ether oxygens (including phenoxy) is 1. The van der Waals surface area contributed by atoms with E-state index in [4.69, 9.17) is 51.8 Å². The third-order valence-electron chi connectivity index (χ3n) is 2.96. The van der Waals surface area contributed by atoms with Crippen LogP contribution in [0.4, 0.5) is 0 Å². The number of amides is 1. The topological polar surface area (TPSA) is 53.6 Å². The number of nitrogens with zero attached hydrogens (tertiary/aromatic N) is 1. The number of halogens is 3. The predicted octanol–water partition coefficient (Wildman–Crippen LogP) is 2.20. The SMILES string of the molecule is CCCCC(=O)N[C@@H](NC(=S)N1CCOCC1)C(Cl)(Cl)Cl. The molecular formula is C12H20Cl3N3O2S. The van der Waals surface area contributed by atoms with E-state index in [1.165, 1.54) is 0 Å². The van der Waals surface area contributed by atoms with Crippen LogP contribution in [0.5, 0.6) is 0 Å². The molecule has 21 heavy (non-hydrogen) atoms. The van der Waals surface area contributed by atoms with E-state index in [2.05, 4.69) is 10.6 Å². The molecule has 1 rings (SSSR count).